The third-order valence-electron chi connectivity index (χ3n) is 3.52. The minimum absolute atomic E-state index is 0.115. The molecule has 0 atom stereocenters. The monoisotopic (exact) mass is 326 g/mol. The summed E-state index contributed by atoms with van der Waals surface area (Å²) in [7, 11) is 0. The van der Waals surface area contributed by atoms with Crippen LogP contribution in [0.1, 0.15) is 6.42 Å². The Morgan fingerprint density at radius 1 is 1.21 bits per heavy atom. The van der Waals surface area contributed by atoms with Crippen molar-refractivity contribution in [3.63, 3.8) is 0 Å². The number of imidazole rings is 1. The third kappa shape index (κ3) is 2.78. The Hall–Kier alpha value is -3.36. The van der Waals surface area contributed by atoms with Gasteiger partial charge in [0, 0.05) is 24.7 Å². The average Bonchev–Trinajstić information content (AvgIpc) is 3.23. The van der Waals surface area contributed by atoms with Crippen LogP contribution in [0.15, 0.2) is 30.9 Å². The van der Waals surface area contributed by atoms with Crippen LogP contribution in [-0.4, -0.2) is 39.2 Å². The minimum Gasteiger partial charge on any atom is -0.454 e. The summed E-state index contributed by atoms with van der Waals surface area (Å²) in [5.41, 5.74) is 1.97. The van der Waals surface area contributed by atoms with Crippen LogP contribution in [-0.2, 0) is 4.79 Å². The first-order chi connectivity index (χ1) is 11.8. The minimum atomic E-state index is -0.115. The standard InChI is InChI=1S/C15H14N6O3/c22-12(21-9-1-2-10-11(5-9)24-8-23-10)3-4-16-14-13-15(18-6-17-13)20-7-19-14/h1-2,5-7H,3-4,8H2,(H,21,22)(H2,16,17,18,19,20). The maximum absolute atomic E-state index is 12.0. The number of fused-ring (bicyclic) bond motifs is 2. The molecule has 1 aromatic carbocycles. The van der Waals surface area contributed by atoms with E-state index in [1.54, 1.807) is 24.5 Å². The van der Waals surface area contributed by atoms with Crippen molar-refractivity contribution in [1.82, 2.24) is 19.9 Å². The second-order valence-electron chi connectivity index (χ2n) is 5.12. The molecule has 1 amide bonds. The lowest BCUT2D eigenvalue weighted by Gasteiger charge is -2.08. The Morgan fingerprint density at radius 3 is 3.08 bits per heavy atom. The predicted octanol–water partition coefficient (Wildman–Crippen LogP) is 1.52. The highest BCUT2D eigenvalue weighted by molar-refractivity contribution is 5.91. The van der Waals surface area contributed by atoms with Crippen molar-refractivity contribution in [3.05, 3.63) is 30.9 Å². The van der Waals surface area contributed by atoms with Gasteiger partial charge in [0.2, 0.25) is 12.7 Å². The van der Waals surface area contributed by atoms with E-state index >= 15 is 0 Å². The largest absolute Gasteiger partial charge is 0.454 e. The first kappa shape index (κ1) is 14.2. The maximum Gasteiger partial charge on any atom is 0.231 e. The Labute approximate surface area is 136 Å². The van der Waals surface area contributed by atoms with Gasteiger partial charge in [-0.25, -0.2) is 15.0 Å². The first-order valence-corrected chi connectivity index (χ1v) is 7.37. The van der Waals surface area contributed by atoms with Crippen LogP contribution in [0.3, 0.4) is 0 Å². The van der Waals surface area contributed by atoms with Crippen LogP contribution in [0.25, 0.3) is 11.2 Å². The van der Waals surface area contributed by atoms with E-state index in [0.717, 1.165) is 0 Å². The number of nitrogens with one attached hydrogen (secondary N) is 3. The zero-order valence-corrected chi connectivity index (χ0v) is 12.6. The summed E-state index contributed by atoms with van der Waals surface area (Å²) in [5.74, 6) is 1.82. The number of anilines is 2. The first-order valence-electron chi connectivity index (χ1n) is 7.37. The molecule has 0 radical (unpaired) electrons. The van der Waals surface area contributed by atoms with Gasteiger partial charge in [-0.3, -0.25) is 4.79 Å². The number of benzene rings is 1. The van der Waals surface area contributed by atoms with Gasteiger partial charge in [-0.05, 0) is 12.1 Å². The summed E-state index contributed by atoms with van der Waals surface area (Å²) >= 11 is 0. The van der Waals surface area contributed by atoms with Crippen LogP contribution < -0.4 is 20.1 Å². The number of rotatable bonds is 5. The van der Waals surface area contributed by atoms with Crippen molar-refractivity contribution in [3.8, 4) is 11.5 Å². The van der Waals surface area contributed by atoms with Crippen molar-refractivity contribution >= 4 is 28.6 Å². The highest BCUT2D eigenvalue weighted by atomic mass is 16.7. The van der Waals surface area contributed by atoms with Gasteiger partial charge in [0.25, 0.3) is 0 Å². The fourth-order valence-electron chi connectivity index (χ4n) is 2.39. The van der Waals surface area contributed by atoms with E-state index in [0.29, 0.717) is 40.7 Å². The Balaban J connectivity index is 1.33. The van der Waals surface area contributed by atoms with Crippen LogP contribution in [0, 0.1) is 0 Å². The molecule has 4 rings (SSSR count). The van der Waals surface area contributed by atoms with Crippen LogP contribution >= 0.6 is 0 Å². The van der Waals surface area contributed by atoms with Crippen LogP contribution in [0.2, 0.25) is 0 Å². The SMILES string of the molecule is O=C(CCNc1ncnc2nc[nH]c12)Nc1ccc2c(c1)OCO2. The fourth-order valence-corrected chi connectivity index (χ4v) is 2.39. The normalized spacial score (nSPS) is 12.3. The molecule has 0 fully saturated rings. The van der Waals surface area contributed by atoms with Crippen molar-refractivity contribution in [2.75, 3.05) is 24.0 Å². The van der Waals surface area contributed by atoms with E-state index in [9.17, 15) is 4.79 Å². The van der Waals surface area contributed by atoms with Crippen LogP contribution in [0.5, 0.6) is 11.5 Å². The second kappa shape index (κ2) is 6.03. The number of hydrogen-bond acceptors (Lipinski definition) is 7. The van der Waals surface area contributed by atoms with Gasteiger partial charge in [0.15, 0.2) is 23.0 Å². The van der Waals surface area contributed by atoms with Crippen LogP contribution in [0.4, 0.5) is 11.5 Å². The number of amides is 1. The van der Waals surface area contributed by atoms with Gasteiger partial charge in [-0.1, -0.05) is 0 Å². The molecular weight excluding hydrogens is 312 g/mol. The lowest BCUT2D eigenvalue weighted by molar-refractivity contribution is -0.115. The molecule has 0 unspecified atom stereocenters. The van der Waals surface area contributed by atoms with E-state index in [2.05, 4.69) is 30.6 Å². The lowest BCUT2D eigenvalue weighted by Crippen LogP contribution is -2.16. The van der Waals surface area contributed by atoms with Gasteiger partial charge in [-0.15, -0.1) is 0 Å². The molecule has 9 nitrogen and oxygen atoms in total. The van der Waals surface area contributed by atoms with Gasteiger partial charge in [0.1, 0.15) is 11.8 Å². The van der Waals surface area contributed by atoms with Gasteiger partial charge in [-0.2, -0.15) is 0 Å². The number of hydrogen-bond donors (Lipinski definition) is 3. The fraction of sp³-hybridized carbons (Fsp3) is 0.200. The molecule has 3 N–H and O–H groups in total. The summed E-state index contributed by atoms with van der Waals surface area (Å²) < 4.78 is 10.5. The quantitative estimate of drug-likeness (QED) is 0.651. The topological polar surface area (TPSA) is 114 Å². The van der Waals surface area contributed by atoms with E-state index in [-0.39, 0.29) is 19.1 Å². The smallest absolute Gasteiger partial charge is 0.231 e. The summed E-state index contributed by atoms with van der Waals surface area (Å²) in [6.07, 6.45) is 3.27. The Bertz CT molecular complexity index is 894. The van der Waals surface area contributed by atoms with Crippen molar-refractivity contribution in [1.29, 1.82) is 0 Å². The lowest BCUT2D eigenvalue weighted by atomic mass is 10.2. The van der Waals surface area contributed by atoms with E-state index < -0.39 is 0 Å². The molecular formula is C15H14N6O3. The van der Waals surface area contributed by atoms with E-state index in [1.807, 2.05) is 0 Å². The summed E-state index contributed by atoms with van der Waals surface area (Å²) in [4.78, 5) is 27.2. The number of aromatic amines is 1. The molecule has 0 spiro atoms. The number of carbonyl (C=O) groups is 1. The number of carbonyl (C=O) groups excluding carboxylic acids is 1. The molecule has 0 saturated carbocycles. The van der Waals surface area contributed by atoms with Gasteiger partial charge in [0.05, 0.1) is 6.33 Å². The van der Waals surface area contributed by atoms with Crippen molar-refractivity contribution < 1.29 is 14.3 Å². The molecule has 1 aliphatic rings. The Morgan fingerprint density at radius 2 is 2.12 bits per heavy atom. The molecule has 9 heteroatoms. The van der Waals surface area contributed by atoms with Crippen molar-refractivity contribution in [2.24, 2.45) is 0 Å². The summed E-state index contributed by atoms with van der Waals surface area (Å²) in [5, 5.41) is 5.93. The predicted molar refractivity (Wildman–Crippen MR) is 86.0 cm³/mol. The number of aromatic nitrogens is 4. The molecule has 1 aliphatic heterocycles. The molecule has 122 valence electrons. The summed E-state index contributed by atoms with van der Waals surface area (Å²) in [6.45, 7) is 0.638. The number of nitrogens with zero attached hydrogens (tertiary/aromatic N) is 3. The molecule has 24 heavy (non-hydrogen) atoms. The highest BCUT2D eigenvalue weighted by Crippen LogP contribution is 2.34. The average molecular weight is 326 g/mol. The van der Waals surface area contributed by atoms with Gasteiger partial charge < -0.3 is 25.1 Å². The Kier molecular flexibility index (Phi) is 3.58. The molecule has 0 saturated heterocycles. The maximum atomic E-state index is 12.0. The van der Waals surface area contributed by atoms with E-state index in [1.165, 1.54) is 6.33 Å². The summed E-state index contributed by atoms with van der Waals surface area (Å²) in [6, 6.07) is 5.29. The number of ether oxygens (including phenoxy) is 2. The molecule has 2 aromatic heterocycles. The van der Waals surface area contributed by atoms with Gasteiger partial charge >= 0.3 is 0 Å². The molecule has 3 aromatic rings. The highest BCUT2D eigenvalue weighted by Gasteiger charge is 2.14. The second-order valence-corrected chi connectivity index (χ2v) is 5.12. The zero-order valence-electron chi connectivity index (χ0n) is 12.6. The molecule has 0 aliphatic carbocycles. The van der Waals surface area contributed by atoms with Crippen molar-refractivity contribution in [2.45, 2.75) is 6.42 Å². The molecule has 0 bridgehead atoms. The zero-order chi connectivity index (χ0) is 16.4. The number of H-pyrrole nitrogens is 1. The molecule has 3 heterocycles. The third-order valence-corrected chi connectivity index (χ3v) is 3.52. The van der Waals surface area contributed by atoms with E-state index in [4.69, 9.17) is 9.47 Å².